The van der Waals surface area contributed by atoms with Crippen molar-refractivity contribution in [2.45, 2.75) is 18.9 Å². The van der Waals surface area contributed by atoms with Crippen LogP contribution in [0.3, 0.4) is 0 Å². The second-order valence-electron chi connectivity index (χ2n) is 4.17. The Labute approximate surface area is 84.6 Å². The summed E-state index contributed by atoms with van der Waals surface area (Å²) in [6.45, 7) is 3.11. The second kappa shape index (κ2) is 4.28. The van der Waals surface area contributed by atoms with Crippen LogP contribution in [-0.2, 0) is 9.53 Å². The van der Waals surface area contributed by atoms with Crippen molar-refractivity contribution in [1.82, 2.24) is 10.2 Å². The molecule has 2 aliphatic heterocycles. The molecule has 2 rings (SSSR count). The summed E-state index contributed by atoms with van der Waals surface area (Å²) in [6.07, 6.45) is 2.42. The van der Waals surface area contributed by atoms with Crippen molar-refractivity contribution >= 4 is 5.91 Å². The van der Waals surface area contributed by atoms with Crippen molar-refractivity contribution in [2.24, 2.45) is 5.92 Å². The summed E-state index contributed by atoms with van der Waals surface area (Å²) >= 11 is 0. The number of methoxy groups -OCH3 is 1. The van der Waals surface area contributed by atoms with Gasteiger partial charge in [0.15, 0.2) is 0 Å². The standard InChI is InChI=1S/C10H18N2O2/c1-14-7-10(13)12-5-3-8-2-4-11-9(8)6-12/h8-9,11H,2-7H2,1H3/t8-,9+/m1/s1. The average molecular weight is 198 g/mol. The number of likely N-dealkylation sites (tertiary alicyclic amines) is 1. The van der Waals surface area contributed by atoms with E-state index >= 15 is 0 Å². The number of piperidine rings is 1. The summed E-state index contributed by atoms with van der Waals surface area (Å²) in [4.78, 5) is 13.5. The molecule has 0 aliphatic carbocycles. The molecule has 2 fully saturated rings. The molecule has 2 heterocycles. The summed E-state index contributed by atoms with van der Waals surface area (Å²) in [6, 6.07) is 0.532. The van der Waals surface area contributed by atoms with Gasteiger partial charge in [0.25, 0.3) is 0 Å². The minimum atomic E-state index is 0.125. The Morgan fingerprint density at radius 1 is 1.57 bits per heavy atom. The molecule has 0 aromatic rings. The Hall–Kier alpha value is -0.610. The molecule has 0 bridgehead atoms. The van der Waals surface area contributed by atoms with Gasteiger partial charge in [-0.1, -0.05) is 0 Å². The number of amides is 1. The van der Waals surface area contributed by atoms with E-state index < -0.39 is 0 Å². The van der Waals surface area contributed by atoms with E-state index in [9.17, 15) is 4.79 Å². The zero-order valence-electron chi connectivity index (χ0n) is 8.66. The van der Waals surface area contributed by atoms with Crippen LogP contribution >= 0.6 is 0 Å². The van der Waals surface area contributed by atoms with Crippen LogP contribution in [0.25, 0.3) is 0 Å². The maximum absolute atomic E-state index is 11.6. The third kappa shape index (κ3) is 1.91. The molecule has 2 saturated heterocycles. The lowest BCUT2D eigenvalue weighted by Crippen LogP contribution is -2.49. The highest BCUT2D eigenvalue weighted by atomic mass is 16.5. The van der Waals surface area contributed by atoms with Crippen LogP contribution in [0.2, 0.25) is 0 Å². The van der Waals surface area contributed by atoms with Crippen molar-refractivity contribution < 1.29 is 9.53 Å². The lowest BCUT2D eigenvalue weighted by Gasteiger charge is -2.34. The summed E-state index contributed by atoms with van der Waals surface area (Å²) in [5, 5.41) is 3.45. The Morgan fingerprint density at radius 3 is 3.21 bits per heavy atom. The zero-order chi connectivity index (χ0) is 9.97. The number of fused-ring (bicyclic) bond motifs is 1. The van der Waals surface area contributed by atoms with Crippen LogP contribution in [0.15, 0.2) is 0 Å². The maximum atomic E-state index is 11.6. The van der Waals surface area contributed by atoms with E-state index in [4.69, 9.17) is 4.74 Å². The Bertz CT molecular complexity index is 220. The van der Waals surface area contributed by atoms with E-state index in [1.807, 2.05) is 4.90 Å². The normalized spacial score (nSPS) is 31.6. The summed E-state index contributed by atoms with van der Waals surface area (Å²) in [5.41, 5.74) is 0. The summed E-state index contributed by atoms with van der Waals surface area (Å²) < 4.78 is 4.86. The van der Waals surface area contributed by atoms with Gasteiger partial charge in [0.05, 0.1) is 0 Å². The molecule has 2 atom stereocenters. The molecule has 0 aromatic heterocycles. The van der Waals surface area contributed by atoms with Gasteiger partial charge in [-0.3, -0.25) is 4.79 Å². The molecule has 14 heavy (non-hydrogen) atoms. The number of nitrogens with zero attached hydrogens (tertiary/aromatic N) is 1. The molecule has 4 heteroatoms. The Balaban J connectivity index is 1.87. The van der Waals surface area contributed by atoms with Gasteiger partial charge in [-0.05, 0) is 25.3 Å². The molecule has 0 spiro atoms. The van der Waals surface area contributed by atoms with Crippen molar-refractivity contribution in [3.05, 3.63) is 0 Å². The highest BCUT2D eigenvalue weighted by Gasteiger charge is 2.33. The van der Waals surface area contributed by atoms with Crippen molar-refractivity contribution in [3.63, 3.8) is 0 Å². The fraction of sp³-hybridized carbons (Fsp3) is 0.900. The first-order valence-corrected chi connectivity index (χ1v) is 5.31. The lowest BCUT2D eigenvalue weighted by atomic mass is 9.92. The number of ether oxygens (including phenoxy) is 1. The Kier molecular flexibility index (Phi) is 3.03. The first-order valence-electron chi connectivity index (χ1n) is 5.31. The molecule has 4 nitrogen and oxygen atoms in total. The number of hydrogen-bond donors (Lipinski definition) is 1. The number of rotatable bonds is 2. The molecule has 80 valence electrons. The fourth-order valence-electron chi connectivity index (χ4n) is 2.47. The minimum absolute atomic E-state index is 0.125. The molecular weight excluding hydrogens is 180 g/mol. The molecule has 1 amide bonds. The van der Waals surface area contributed by atoms with Crippen LogP contribution in [0.1, 0.15) is 12.8 Å². The number of carbonyl (C=O) groups excluding carboxylic acids is 1. The van der Waals surface area contributed by atoms with Crippen molar-refractivity contribution in [2.75, 3.05) is 33.4 Å². The number of nitrogens with one attached hydrogen (secondary N) is 1. The van der Waals surface area contributed by atoms with Crippen LogP contribution in [-0.4, -0.2) is 50.2 Å². The van der Waals surface area contributed by atoms with Gasteiger partial charge < -0.3 is 15.0 Å². The highest BCUT2D eigenvalue weighted by Crippen LogP contribution is 2.24. The van der Waals surface area contributed by atoms with E-state index in [0.717, 1.165) is 32.0 Å². The van der Waals surface area contributed by atoms with E-state index in [2.05, 4.69) is 5.32 Å². The van der Waals surface area contributed by atoms with Crippen LogP contribution in [0.4, 0.5) is 0 Å². The maximum Gasteiger partial charge on any atom is 0.248 e. The van der Waals surface area contributed by atoms with Gasteiger partial charge in [-0.2, -0.15) is 0 Å². The van der Waals surface area contributed by atoms with E-state index in [1.54, 1.807) is 7.11 Å². The molecular formula is C10H18N2O2. The number of hydrogen-bond acceptors (Lipinski definition) is 3. The van der Waals surface area contributed by atoms with Crippen LogP contribution < -0.4 is 5.32 Å². The molecule has 0 unspecified atom stereocenters. The first kappa shape index (κ1) is 9.93. The predicted molar refractivity (Wildman–Crippen MR) is 53.0 cm³/mol. The van der Waals surface area contributed by atoms with Crippen LogP contribution in [0.5, 0.6) is 0 Å². The van der Waals surface area contributed by atoms with E-state index in [1.165, 1.54) is 6.42 Å². The molecule has 2 aliphatic rings. The van der Waals surface area contributed by atoms with Gasteiger partial charge in [0, 0.05) is 26.2 Å². The molecule has 0 radical (unpaired) electrons. The summed E-state index contributed by atoms with van der Waals surface area (Å²) in [5.74, 6) is 0.918. The minimum Gasteiger partial charge on any atom is -0.375 e. The largest absolute Gasteiger partial charge is 0.375 e. The smallest absolute Gasteiger partial charge is 0.248 e. The second-order valence-corrected chi connectivity index (χ2v) is 4.17. The third-order valence-corrected chi connectivity index (χ3v) is 3.30. The quantitative estimate of drug-likeness (QED) is 0.670. The topological polar surface area (TPSA) is 41.6 Å². The van der Waals surface area contributed by atoms with E-state index in [0.29, 0.717) is 6.04 Å². The van der Waals surface area contributed by atoms with Gasteiger partial charge in [0.1, 0.15) is 6.61 Å². The fourth-order valence-corrected chi connectivity index (χ4v) is 2.47. The monoisotopic (exact) mass is 198 g/mol. The van der Waals surface area contributed by atoms with E-state index in [-0.39, 0.29) is 12.5 Å². The van der Waals surface area contributed by atoms with Crippen LogP contribution in [0, 0.1) is 5.92 Å². The number of carbonyl (C=O) groups is 1. The van der Waals surface area contributed by atoms with Crippen molar-refractivity contribution in [3.8, 4) is 0 Å². The predicted octanol–water partition coefficient (Wildman–Crippen LogP) is -0.157. The summed E-state index contributed by atoms with van der Waals surface area (Å²) in [7, 11) is 1.57. The molecule has 0 saturated carbocycles. The SMILES string of the molecule is COCC(=O)N1CC[C@H]2CCN[C@H]2C1. The van der Waals surface area contributed by atoms with Gasteiger partial charge in [-0.25, -0.2) is 0 Å². The highest BCUT2D eigenvalue weighted by molar-refractivity contribution is 5.77. The van der Waals surface area contributed by atoms with Gasteiger partial charge in [-0.15, -0.1) is 0 Å². The van der Waals surface area contributed by atoms with Gasteiger partial charge in [0.2, 0.25) is 5.91 Å². The van der Waals surface area contributed by atoms with Gasteiger partial charge >= 0.3 is 0 Å². The Morgan fingerprint density at radius 2 is 2.43 bits per heavy atom. The lowest BCUT2D eigenvalue weighted by molar-refractivity contribution is -0.136. The first-order chi connectivity index (χ1) is 6.81. The molecule has 0 aromatic carbocycles. The molecule has 1 N–H and O–H groups in total. The van der Waals surface area contributed by atoms with Crippen molar-refractivity contribution in [1.29, 1.82) is 0 Å². The third-order valence-electron chi connectivity index (χ3n) is 3.30. The zero-order valence-corrected chi connectivity index (χ0v) is 8.66. The average Bonchev–Trinajstić information content (AvgIpc) is 2.64.